The van der Waals surface area contributed by atoms with Crippen LogP contribution in [0.4, 0.5) is 0 Å². The van der Waals surface area contributed by atoms with Crippen LogP contribution in [0.3, 0.4) is 0 Å². The van der Waals surface area contributed by atoms with Gasteiger partial charge in [-0.15, -0.1) is 0 Å². The lowest BCUT2D eigenvalue weighted by molar-refractivity contribution is -0.105. The fraction of sp³-hybridized carbons (Fsp3) is 0.786. The van der Waals surface area contributed by atoms with Gasteiger partial charge >= 0.3 is 0 Å². The van der Waals surface area contributed by atoms with Gasteiger partial charge in [-0.25, -0.2) is 0 Å². The van der Waals surface area contributed by atoms with E-state index in [-0.39, 0.29) is 0 Å². The van der Waals surface area contributed by atoms with Crippen LogP contribution in [0.15, 0.2) is 11.3 Å². The molecule has 1 aliphatic carbocycles. The average Bonchev–Trinajstić information content (AvgIpc) is 2.31. The van der Waals surface area contributed by atoms with Crippen molar-refractivity contribution in [2.24, 2.45) is 0 Å². The van der Waals surface area contributed by atoms with E-state index in [1.54, 1.807) is 0 Å². The summed E-state index contributed by atoms with van der Waals surface area (Å²) in [6.45, 7) is 0. The third-order valence-electron chi connectivity index (χ3n) is 3.37. The maximum absolute atomic E-state index is 10.8. The summed E-state index contributed by atoms with van der Waals surface area (Å²) in [5.41, 5.74) is 0.638. The lowest BCUT2D eigenvalue weighted by atomic mass is 10.0. The molecule has 1 rings (SSSR count). The summed E-state index contributed by atoms with van der Waals surface area (Å²) in [6, 6.07) is 0. The van der Waals surface area contributed by atoms with E-state index in [0.717, 1.165) is 25.5 Å². The lowest BCUT2D eigenvalue weighted by Crippen LogP contribution is -1.94. The van der Waals surface area contributed by atoms with Crippen LogP contribution in [-0.2, 0) is 4.79 Å². The standard InChI is InChI=1S/C14H24O2/c15-12-13-10-8-6-4-2-1-3-5-7-9-11-14(13)16/h12,16H,1-11H2/b14-13-. The van der Waals surface area contributed by atoms with Gasteiger partial charge < -0.3 is 5.11 Å². The predicted molar refractivity (Wildman–Crippen MR) is 66.5 cm³/mol. The van der Waals surface area contributed by atoms with Gasteiger partial charge in [-0.05, 0) is 19.3 Å². The van der Waals surface area contributed by atoms with Crippen LogP contribution in [0.5, 0.6) is 0 Å². The van der Waals surface area contributed by atoms with Crippen molar-refractivity contribution in [3.05, 3.63) is 11.3 Å². The second kappa shape index (κ2) is 8.37. The second-order valence-corrected chi connectivity index (χ2v) is 4.77. The summed E-state index contributed by atoms with van der Waals surface area (Å²) in [4.78, 5) is 10.8. The van der Waals surface area contributed by atoms with Crippen molar-refractivity contribution in [2.75, 3.05) is 0 Å². The third-order valence-corrected chi connectivity index (χ3v) is 3.37. The van der Waals surface area contributed by atoms with E-state index in [9.17, 15) is 9.90 Å². The Kier molecular flexibility index (Phi) is 6.95. The predicted octanol–water partition coefficient (Wildman–Crippen LogP) is 4.30. The molecule has 0 aromatic heterocycles. The molecule has 16 heavy (non-hydrogen) atoms. The first-order valence-corrected chi connectivity index (χ1v) is 6.71. The molecule has 0 aromatic carbocycles. The molecule has 0 bridgehead atoms. The minimum atomic E-state index is 0.342. The quantitative estimate of drug-likeness (QED) is 0.674. The van der Waals surface area contributed by atoms with Gasteiger partial charge in [0.05, 0.1) is 5.76 Å². The molecular weight excluding hydrogens is 200 g/mol. The van der Waals surface area contributed by atoms with Gasteiger partial charge in [0.15, 0.2) is 0 Å². The second-order valence-electron chi connectivity index (χ2n) is 4.77. The van der Waals surface area contributed by atoms with Crippen LogP contribution in [0.25, 0.3) is 0 Å². The molecule has 0 aliphatic heterocycles. The number of hydrogen-bond donors (Lipinski definition) is 1. The van der Waals surface area contributed by atoms with Crippen molar-refractivity contribution in [3.8, 4) is 0 Å². The topological polar surface area (TPSA) is 37.3 Å². The van der Waals surface area contributed by atoms with Crippen molar-refractivity contribution in [1.29, 1.82) is 0 Å². The molecule has 2 heteroatoms. The normalized spacial score (nSPS) is 26.2. The zero-order valence-electron chi connectivity index (χ0n) is 10.2. The third kappa shape index (κ3) is 5.34. The van der Waals surface area contributed by atoms with Crippen molar-refractivity contribution < 1.29 is 9.90 Å². The zero-order chi connectivity index (χ0) is 11.6. The summed E-state index contributed by atoms with van der Waals surface area (Å²) in [5, 5.41) is 9.77. The number of aliphatic hydroxyl groups is 1. The van der Waals surface area contributed by atoms with Crippen LogP contribution in [0.2, 0.25) is 0 Å². The van der Waals surface area contributed by atoms with Gasteiger partial charge in [0.25, 0.3) is 0 Å². The maximum Gasteiger partial charge on any atom is 0.149 e. The Morgan fingerprint density at radius 2 is 1.19 bits per heavy atom. The molecule has 0 heterocycles. The summed E-state index contributed by atoms with van der Waals surface area (Å²) >= 11 is 0. The van der Waals surface area contributed by atoms with E-state index in [1.807, 2.05) is 0 Å². The smallest absolute Gasteiger partial charge is 0.149 e. The van der Waals surface area contributed by atoms with Crippen LogP contribution in [0, 0.1) is 0 Å². The minimum Gasteiger partial charge on any atom is -0.512 e. The molecule has 0 fully saturated rings. The van der Waals surface area contributed by atoms with E-state index >= 15 is 0 Å². The Hall–Kier alpha value is -0.790. The molecule has 0 saturated carbocycles. The fourth-order valence-corrected chi connectivity index (χ4v) is 2.28. The monoisotopic (exact) mass is 224 g/mol. The molecule has 2 nitrogen and oxygen atoms in total. The Balaban J connectivity index is 2.46. The number of carbonyl (C=O) groups is 1. The highest BCUT2D eigenvalue weighted by Gasteiger charge is 2.05. The fourth-order valence-electron chi connectivity index (χ4n) is 2.28. The van der Waals surface area contributed by atoms with Gasteiger partial charge in [-0.1, -0.05) is 44.9 Å². The van der Waals surface area contributed by atoms with Crippen LogP contribution < -0.4 is 0 Å². The molecule has 1 aliphatic rings. The summed E-state index contributed by atoms with van der Waals surface area (Å²) in [5.74, 6) is 0.342. The Bertz CT molecular complexity index is 231. The van der Waals surface area contributed by atoms with Gasteiger partial charge in [0.2, 0.25) is 0 Å². The summed E-state index contributed by atoms with van der Waals surface area (Å²) in [6.07, 6.45) is 13.2. The molecule has 1 N–H and O–H groups in total. The van der Waals surface area contributed by atoms with Crippen molar-refractivity contribution >= 4 is 6.29 Å². The number of aldehydes is 1. The first-order chi connectivity index (χ1) is 7.84. The zero-order valence-corrected chi connectivity index (χ0v) is 10.2. The van der Waals surface area contributed by atoms with E-state index in [1.165, 1.54) is 44.9 Å². The van der Waals surface area contributed by atoms with Crippen LogP contribution >= 0.6 is 0 Å². The number of hydrogen-bond acceptors (Lipinski definition) is 2. The van der Waals surface area contributed by atoms with E-state index < -0.39 is 0 Å². The van der Waals surface area contributed by atoms with E-state index in [4.69, 9.17) is 0 Å². The molecule has 92 valence electrons. The number of aliphatic hydroxyl groups excluding tert-OH is 1. The Labute approximate surface area is 98.7 Å². The highest BCUT2D eigenvalue weighted by atomic mass is 16.3. The molecule has 0 aromatic rings. The summed E-state index contributed by atoms with van der Waals surface area (Å²) in [7, 11) is 0. The Morgan fingerprint density at radius 1 is 0.750 bits per heavy atom. The van der Waals surface area contributed by atoms with Gasteiger partial charge in [0, 0.05) is 12.0 Å². The average molecular weight is 224 g/mol. The van der Waals surface area contributed by atoms with Crippen LogP contribution in [0.1, 0.15) is 70.6 Å². The largest absolute Gasteiger partial charge is 0.512 e. The van der Waals surface area contributed by atoms with Crippen molar-refractivity contribution in [1.82, 2.24) is 0 Å². The molecule has 0 unspecified atom stereocenters. The number of allylic oxidation sites excluding steroid dienone is 2. The molecule has 0 spiro atoms. The molecule has 0 radical (unpaired) electrons. The van der Waals surface area contributed by atoms with E-state index in [2.05, 4.69) is 0 Å². The first kappa shape index (κ1) is 13.3. The van der Waals surface area contributed by atoms with Crippen molar-refractivity contribution in [2.45, 2.75) is 70.6 Å². The van der Waals surface area contributed by atoms with Crippen molar-refractivity contribution in [3.63, 3.8) is 0 Å². The Morgan fingerprint density at radius 3 is 1.69 bits per heavy atom. The molecule has 0 amide bonds. The molecular formula is C14H24O2. The minimum absolute atomic E-state index is 0.342. The lowest BCUT2D eigenvalue weighted by Gasteiger charge is -2.04. The van der Waals surface area contributed by atoms with Gasteiger partial charge in [-0.3, -0.25) is 4.79 Å². The number of carbonyl (C=O) groups excluding carboxylic acids is 1. The van der Waals surface area contributed by atoms with Gasteiger partial charge in [-0.2, -0.15) is 0 Å². The molecule has 0 atom stereocenters. The van der Waals surface area contributed by atoms with Crippen LogP contribution in [-0.4, -0.2) is 11.4 Å². The van der Waals surface area contributed by atoms with E-state index in [0.29, 0.717) is 17.8 Å². The highest BCUT2D eigenvalue weighted by molar-refractivity contribution is 5.73. The highest BCUT2D eigenvalue weighted by Crippen LogP contribution is 2.18. The SMILES string of the molecule is O=C/C1=C(\O)CCCCCCCCCCC1. The maximum atomic E-state index is 10.8. The molecule has 0 saturated heterocycles. The van der Waals surface area contributed by atoms with Gasteiger partial charge in [0.1, 0.15) is 6.29 Å². The first-order valence-electron chi connectivity index (χ1n) is 6.71. The summed E-state index contributed by atoms with van der Waals surface area (Å²) < 4.78 is 0. The number of rotatable bonds is 1.